The predicted octanol–water partition coefficient (Wildman–Crippen LogP) is 2.71. The average Bonchev–Trinajstić information content (AvgIpc) is 2.47. The third-order valence-corrected chi connectivity index (χ3v) is 3.96. The summed E-state index contributed by atoms with van der Waals surface area (Å²) in [6, 6.07) is 3.57. The van der Waals surface area contributed by atoms with Gasteiger partial charge >= 0.3 is 5.97 Å². The number of esters is 1. The van der Waals surface area contributed by atoms with E-state index in [1.807, 2.05) is 11.9 Å². The highest BCUT2D eigenvalue weighted by atomic mass is 35.5. The van der Waals surface area contributed by atoms with Crippen LogP contribution in [0.25, 0.3) is 0 Å². The molecule has 0 atom stereocenters. The largest absolute Gasteiger partial charge is 0.462 e. The molecule has 2 N–H and O–H groups in total. The normalized spacial score (nSPS) is 15.8. The van der Waals surface area contributed by atoms with Gasteiger partial charge in [0, 0.05) is 32.0 Å². The molecule has 1 aliphatic heterocycles. The smallest absolute Gasteiger partial charge is 0.340 e. The fraction of sp³-hybridized carbons (Fsp3) is 0.533. The summed E-state index contributed by atoms with van der Waals surface area (Å²) < 4.78 is 10.5. The zero-order valence-electron chi connectivity index (χ0n) is 12.4. The molecule has 0 amide bonds. The second-order valence-electron chi connectivity index (χ2n) is 5.07. The molecule has 5 nitrogen and oxygen atoms in total. The Morgan fingerprint density at radius 3 is 2.76 bits per heavy atom. The second kappa shape index (κ2) is 7.00. The van der Waals surface area contributed by atoms with Crippen LogP contribution in [0.4, 0.5) is 11.4 Å². The van der Waals surface area contributed by atoms with E-state index in [1.165, 1.54) is 0 Å². The number of nitrogen functional groups attached to an aromatic ring is 1. The van der Waals surface area contributed by atoms with E-state index in [0.29, 0.717) is 28.6 Å². The second-order valence-corrected chi connectivity index (χ2v) is 5.48. The minimum atomic E-state index is -0.402. The summed E-state index contributed by atoms with van der Waals surface area (Å²) >= 11 is 6.33. The molecule has 116 valence electrons. The Morgan fingerprint density at radius 1 is 1.48 bits per heavy atom. The molecule has 2 rings (SSSR count). The Hall–Kier alpha value is -1.46. The number of nitrogens with two attached hydrogens (primary N) is 1. The van der Waals surface area contributed by atoms with E-state index >= 15 is 0 Å². The van der Waals surface area contributed by atoms with Gasteiger partial charge in [0.2, 0.25) is 0 Å². The molecule has 21 heavy (non-hydrogen) atoms. The van der Waals surface area contributed by atoms with Crippen molar-refractivity contribution in [1.29, 1.82) is 0 Å². The van der Waals surface area contributed by atoms with Crippen LogP contribution in [0, 0.1) is 0 Å². The lowest BCUT2D eigenvalue weighted by atomic mass is 10.0. The van der Waals surface area contributed by atoms with Crippen molar-refractivity contribution in [1.82, 2.24) is 0 Å². The van der Waals surface area contributed by atoms with Gasteiger partial charge in [0.25, 0.3) is 0 Å². The number of benzene rings is 1. The molecule has 1 saturated heterocycles. The summed E-state index contributed by atoms with van der Waals surface area (Å²) in [4.78, 5) is 14.2. The van der Waals surface area contributed by atoms with E-state index in [2.05, 4.69) is 0 Å². The molecular weight excluding hydrogens is 292 g/mol. The van der Waals surface area contributed by atoms with Crippen molar-refractivity contribution in [3.63, 3.8) is 0 Å². The summed E-state index contributed by atoms with van der Waals surface area (Å²) in [5.74, 6) is -0.402. The molecule has 0 aromatic heterocycles. The number of ether oxygens (including phenoxy) is 2. The Kier molecular flexibility index (Phi) is 5.31. The van der Waals surface area contributed by atoms with Gasteiger partial charge in [-0.3, -0.25) is 0 Å². The number of hydrogen-bond acceptors (Lipinski definition) is 5. The van der Waals surface area contributed by atoms with Gasteiger partial charge in [0.05, 0.1) is 22.9 Å². The zero-order valence-corrected chi connectivity index (χ0v) is 13.2. The fourth-order valence-electron chi connectivity index (χ4n) is 2.60. The molecule has 1 heterocycles. The zero-order chi connectivity index (χ0) is 15.4. The lowest BCUT2D eigenvalue weighted by molar-refractivity contribution is 0.0526. The van der Waals surface area contributed by atoms with Crippen LogP contribution in [0.15, 0.2) is 12.1 Å². The summed E-state index contributed by atoms with van der Waals surface area (Å²) in [6.07, 6.45) is 1.80. The number of halogens is 1. The van der Waals surface area contributed by atoms with Crippen molar-refractivity contribution >= 4 is 28.9 Å². The first-order valence-corrected chi connectivity index (χ1v) is 7.49. The topological polar surface area (TPSA) is 64.8 Å². The molecule has 1 fully saturated rings. The lowest BCUT2D eigenvalue weighted by Gasteiger charge is -2.34. The van der Waals surface area contributed by atoms with Crippen LogP contribution in [0.3, 0.4) is 0 Å². The number of anilines is 2. The Bertz CT molecular complexity index is 516. The number of carbonyl (C=O) groups excluding carboxylic acids is 1. The van der Waals surface area contributed by atoms with Crippen LogP contribution in [0.5, 0.6) is 0 Å². The lowest BCUT2D eigenvalue weighted by Crippen LogP contribution is -2.37. The van der Waals surface area contributed by atoms with Gasteiger partial charge < -0.3 is 20.1 Å². The molecule has 6 heteroatoms. The molecule has 0 spiro atoms. The van der Waals surface area contributed by atoms with Gasteiger partial charge in [0.15, 0.2) is 0 Å². The van der Waals surface area contributed by atoms with E-state index in [0.717, 1.165) is 26.1 Å². The third-order valence-electron chi connectivity index (χ3n) is 3.67. The Labute approximate surface area is 130 Å². The van der Waals surface area contributed by atoms with E-state index < -0.39 is 5.97 Å². The van der Waals surface area contributed by atoms with Gasteiger partial charge in [-0.1, -0.05) is 11.6 Å². The van der Waals surface area contributed by atoms with Crippen molar-refractivity contribution in [2.75, 3.05) is 37.5 Å². The predicted molar refractivity (Wildman–Crippen MR) is 84.1 cm³/mol. The van der Waals surface area contributed by atoms with E-state index in [4.69, 9.17) is 26.8 Å². The summed E-state index contributed by atoms with van der Waals surface area (Å²) in [6.45, 7) is 3.52. The molecule has 0 aliphatic carbocycles. The first-order chi connectivity index (χ1) is 10.0. The van der Waals surface area contributed by atoms with Crippen LogP contribution in [0.2, 0.25) is 5.02 Å². The van der Waals surface area contributed by atoms with Gasteiger partial charge in [-0.15, -0.1) is 0 Å². The molecule has 1 aromatic rings. The van der Waals surface area contributed by atoms with Gasteiger partial charge in [-0.05, 0) is 31.9 Å². The first kappa shape index (κ1) is 15.9. The van der Waals surface area contributed by atoms with E-state index in [1.54, 1.807) is 19.1 Å². The van der Waals surface area contributed by atoms with Crippen molar-refractivity contribution in [2.45, 2.75) is 25.8 Å². The Balaban J connectivity index is 2.38. The molecule has 0 bridgehead atoms. The van der Waals surface area contributed by atoms with Crippen molar-refractivity contribution in [2.24, 2.45) is 0 Å². The minimum Gasteiger partial charge on any atom is -0.462 e. The summed E-state index contributed by atoms with van der Waals surface area (Å²) in [5.41, 5.74) is 7.35. The minimum absolute atomic E-state index is 0.285. The average molecular weight is 313 g/mol. The van der Waals surface area contributed by atoms with Crippen LogP contribution >= 0.6 is 11.6 Å². The van der Waals surface area contributed by atoms with Crippen LogP contribution < -0.4 is 10.6 Å². The number of nitrogens with zero attached hydrogens (tertiary/aromatic N) is 1. The monoisotopic (exact) mass is 312 g/mol. The third kappa shape index (κ3) is 3.60. The summed E-state index contributed by atoms with van der Waals surface area (Å²) in [7, 11) is 1.94. The maximum Gasteiger partial charge on any atom is 0.340 e. The molecule has 1 aliphatic rings. The van der Waals surface area contributed by atoms with Gasteiger partial charge in [-0.2, -0.15) is 0 Å². The quantitative estimate of drug-likeness (QED) is 0.684. The molecule has 0 unspecified atom stereocenters. The van der Waals surface area contributed by atoms with Crippen LogP contribution in [-0.2, 0) is 9.47 Å². The number of hydrogen-bond donors (Lipinski definition) is 1. The molecule has 0 saturated carbocycles. The van der Waals surface area contributed by atoms with E-state index in [-0.39, 0.29) is 6.04 Å². The Morgan fingerprint density at radius 2 is 2.14 bits per heavy atom. The molecule has 0 radical (unpaired) electrons. The van der Waals surface area contributed by atoms with Crippen molar-refractivity contribution in [3.8, 4) is 0 Å². The highest BCUT2D eigenvalue weighted by Crippen LogP contribution is 2.35. The maximum atomic E-state index is 12.2. The highest BCUT2D eigenvalue weighted by molar-refractivity contribution is 6.34. The van der Waals surface area contributed by atoms with Gasteiger partial charge in [0.1, 0.15) is 0 Å². The van der Waals surface area contributed by atoms with Gasteiger partial charge in [-0.25, -0.2) is 4.79 Å². The van der Waals surface area contributed by atoms with Crippen molar-refractivity contribution in [3.05, 3.63) is 22.7 Å². The number of carbonyl (C=O) groups is 1. The fourth-order valence-corrected chi connectivity index (χ4v) is 2.96. The van der Waals surface area contributed by atoms with Crippen molar-refractivity contribution < 1.29 is 14.3 Å². The standard InChI is InChI=1S/C15H21ClN2O3/c1-3-21-15(19)12-8-10(17)9-13(16)14(12)18(2)11-4-6-20-7-5-11/h8-9,11H,3-7,17H2,1-2H3. The molecule has 1 aromatic carbocycles. The van der Waals surface area contributed by atoms with Crippen LogP contribution in [0.1, 0.15) is 30.1 Å². The first-order valence-electron chi connectivity index (χ1n) is 7.11. The highest BCUT2D eigenvalue weighted by Gasteiger charge is 2.25. The summed E-state index contributed by atoms with van der Waals surface area (Å²) in [5, 5.41) is 0.465. The molecular formula is C15H21ClN2O3. The van der Waals surface area contributed by atoms with E-state index in [9.17, 15) is 4.79 Å². The number of rotatable bonds is 4. The maximum absolute atomic E-state index is 12.2. The van der Waals surface area contributed by atoms with Crippen LogP contribution in [-0.4, -0.2) is 38.9 Å². The SMILES string of the molecule is CCOC(=O)c1cc(N)cc(Cl)c1N(C)C1CCOCC1.